The Balaban J connectivity index is 1.63. The maximum Gasteiger partial charge on any atom is 0.0433 e. The summed E-state index contributed by atoms with van der Waals surface area (Å²) >= 11 is 6.86. The number of thiol groups is 1. The van der Waals surface area contributed by atoms with Crippen molar-refractivity contribution in [3.8, 4) is 11.1 Å². The van der Waals surface area contributed by atoms with E-state index in [4.69, 9.17) is 12.6 Å². The van der Waals surface area contributed by atoms with Crippen LogP contribution in [0.2, 0.25) is 0 Å². The molecule has 1 heterocycles. The van der Waals surface area contributed by atoms with Gasteiger partial charge in [0.1, 0.15) is 0 Å². The molecule has 0 spiro atoms. The lowest BCUT2D eigenvalue weighted by molar-refractivity contribution is 1.44. The monoisotopic (exact) mass is 434 g/mol. The Morgan fingerprint density at radius 2 is 1.23 bits per heavy atom. The fraction of sp³-hybridized carbons (Fsp3) is 0.103. The molecule has 6 aromatic rings. The summed E-state index contributed by atoms with van der Waals surface area (Å²) in [6.07, 6.45) is 0. The van der Waals surface area contributed by atoms with Crippen LogP contribution in [0.25, 0.3) is 52.8 Å². The number of aryl methyl sites for hydroxylation is 3. The average molecular weight is 435 g/mol. The summed E-state index contributed by atoms with van der Waals surface area (Å²) in [6.45, 7) is 6.51. The third-order valence-electron chi connectivity index (χ3n) is 6.39. The van der Waals surface area contributed by atoms with Crippen LogP contribution in [-0.2, 0) is 0 Å². The van der Waals surface area contributed by atoms with Crippen molar-refractivity contribution in [2.24, 2.45) is 0 Å². The number of thiophene rings is 1. The van der Waals surface area contributed by atoms with Gasteiger partial charge in [0.2, 0.25) is 0 Å². The zero-order valence-electron chi connectivity index (χ0n) is 17.8. The van der Waals surface area contributed by atoms with E-state index in [0.717, 1.165) is 4.90 Å². The molecular formula is C29H22S2. The van der Waals surface area contributed by atoms with Gasteiger partial charge in [-0.05, 0) is 71.1 Å². The second-order valence-corrected chi connectivity index (χ2v) is 10.1. The smallest absolute Gasteiger partial charge is 0.0433 e. The van der Waals surface area contributed by atoms with E-state index in [9.17, 15) is 0 Å². The van der Waals surface area contributed by atoms with Gasteiger partial charge in [0.15, 0.2) is 0 Å². The lowest BCUT2D eigenvalue weighted by atomic mass is 9.95. The van der Waals surface area contributed by atoms with Crippen molar-refractivity contribution in [3.05, 3.63) is 89.5 Å². The zero-order valence-corrected chi connectivity index (χ0v) is 19.5. The van der Waals surface area contributed by atoms with Crippen LogP contribution in [-0.4, -0.2) is 0 Å². The molecule has 0 nitrogen and oxygen atoms in total. The van der Waals surface area contributed by atoms with Gasteiger partial charge in [-0.1, -0.05) is 71.8 Å². The summed E-state index contributed by atoms with van der Waals surface area (Å²) in [6, 6.07) is 27.1. The molecule has 0 bridgehead atoms. The summed E-state index contributed by atoms with van der Waals surface area (Å²) in [5.74, 6) is 0. The molecule has 0 fully saturated rings. The largest absolute Gasteiger partial charge is 0.142 e. The Morgan fingerprint density at radius 1 is 0.581 bits per heavy atom. The second kappa shape index (κ2) is 6.85. The minimum atomic E-state index is 1.06. The van der Waals surface area contributed by atoms with Crippen molar-refractivity contribution in [1.82, 2.24) is 0 Å². The maximum absolute atomic E-state index is 4.96. The summed E-state index contributed by atoms with van der Waals surface area (Å²) in [4.78, 5) is 1.06. The van der Waals surface area contributed by atoms with Crippen molar-refractivity contribution >= 4 is 65.7 Å². The van der Waals surface area contributed by atoms with Crippen molar-refractivity contribution < 1.29 is 0 Å². The van der Waals surface area contributed by atoms with Gasteiger partial charge in [0.25, 0.3) is 0 Å². The number of benzene rings is 5. The molecular weight excluding hydrogens is 412 g/mol. The lowest BCUT2D eigenvalue weighted by Crippen LogP contribution is -1.87. The highest BCUT2D eigenvalue weighted by molar-refractivity contribution is 7.80. The van der Waals surface area contributed by atoms with Crippen molar-refractivity contribution in [2.75, 3.05) is 0 Å². The fourth-order valence-corrected chi connectivity index (χ4v) is 6.43. The van der Waals surface area contributed by atoms with Crippen molar-refractivity contribution in [3.63, 3.8) is 0 Å². The van der Waals surface area contributed by atoms with E-state index in [1.165, 1.54) is 69.5 Å². The SMILES string of the molecule is Cc1ccc2c(S)c(-c3cc4sc5c6ccc(C)cc6ccc5c4cc3C)ccc2c1. The van der Waals surface area contributed by atoms with Gasteiger partial charge >= 0.3 is 0 Å². The minimum absolute atomic E-state index is 1.06. The van der Waals surface area contributed by atoms with Crippen LogP contribution in [0.1, 0.15) is 16.7 Å². The molecule has 0 aliphatic heterocycles. The van der Waals surface area contributed by atoms with Gasteiger partial charge in [-0.3, -0.25) is 0 Å². The van der Waals surface area contributed by atoms with Crippen molar-refractivity contribution in [2.45, 2.75) is 25.7 Å². The molecule has 5 aromatic carbocycles. The molecule has 0 unspecified atom stereocenters. The predicted octanol–water partition coefficient (Wildman–Crippen LogP) is 9.24. The van der Waals surface area contributed by atoms with Gasteiger partial charge in [-0.15, -0.1) is 24.0 Å². The summed E-state index contributed by atoms with van der Waals surface area (Å²) in [7, 11) is 0. The first-order valence-electron chi connectivity index (χ1n) is 10.6. The van der Waals surface area contributed by atoms with Crippen LogP contribution in [0.15, 0.2) is 77.7 Å². The van der Waals surface area contributed by atoms with E-state index < -0.39 is 0 Å². The molecule has 31 heavy (non-hydrogen) atoms. The first kappa shape index (κ1) is 18.9. The van der Waals surface area contributed by atoms with E-state index in [-0.39, 0.29) is 0 Å². The summed E-state index contributed by atoms with van der Waals surface area (Å²) in [5.41, 5.74) is 6.35. The van der Waals surface area contributed by atoms with Crippen LogP contribution >= 0.6 is 24.0 Å². The zero-order chi connectivity index (χ0) is 21.3. The standard InChI is InChI=1S/C29H22S2/c1-16-4-8-21-19(12-16)6-10-23(28(21)30)25-15-27-26(14-18(25)3)24-11-7-20-13-17(2)5-9-22(20)29(24)31-27/h4-15,30H,1-3H3. The van der Waals surface area contributed by atoms with Crippen LogP contribution < -0.4 is 0 Å². The van der Waals surface area contributed by atoms with Crippen molar-refractivity contribution in [1.29, 1.82) is 0 Å². The van der Waals surface area contributed by atoms with E-state index in [2.05, 4.69) is 93.6 Å². The Kier molecular flexibility index (Phi) is 4.18. The molecule has 0 radical (unpaired) electrons. The Bertz CT molecular complexity index is 1670. The normalized spacial score (nSPS) is 11.9. The van der Waals surface area contributed by atoms with Crippen LogP contribution in [0.3, 0.4) is 0 Å². The van der Waals surface area contributed by atoms with Gasteiger partial charge in [-0.2, -0.15) is 0 Å². The van der Waals surface area contributed by atoms with E-state index in [1.807, 2.05) is 11.3 Å². The molecule has 0 saturated carbocycles. The number of rotatable bonds is 1. The third kappa shape index (κ3) is 2.90. The molecule has 150 valence electrons. The van der Waals surface area contributed by atoms with E-state index >= 15 is 0 Å². The highest BCUT2D eigenvalue weighted by Crippen LogP contribution is 2.43. The molecule has 0 atom stereocenters. The van der Waals surface area contributed by atoms with Crippen LogP contribution in [0.5, 0.6) is 0 Å². The topological polar surface area (TPSA) is 0 Å². The van der Waals surface area contributed by atoms with Crippen LogP contribution in [0, 0.1) is 20.8 Å². The molecule has 2 heteroatoms. The Morgan fingerprint density at radius 3 is 2.00 bits per heavy atom. The lowest BCUT2D eigenvalue weighted by Gasteiger charge is -2.12. The Hall–Kier alpha value is -2.81. The van der Waals surface area contributed by atoms with E-state index in [1.54, 1.807) is 0 Å². The summed E-state index contributed by atoms with van der Waals surface area (Å²) in [5, 5.41) is 7.82. The van der Waals surface area contributed by atoms with Gasteiger partial charge in [-0.25, -0.2) is 0 Å². The van der Waals surface area contributed by atoms with Gasteiger partial charge in [0.05, 0.1) is 0 Å². The minimum Gasteiger partial charge on any atom is -0.142 e. The highest BCUT2D eigenvalue weighted by atomic mass is 32.1. The van der Waals surface area contributed by atoms with Crippen LogP contribution in [0.4, 0.5) is 0 Å². The molecule has 1 aromatic heterocycles. The van der Waals surface area contributed by atoms with E-state index in [0.29, 0.717) is 0 Å². The third-order valence-corrected chi connectivity index (χ3v) is 8.08. The number of hydrogen-bond acceptors (Lipinski definition) is 2. The van der Waals surface area contributed by atoms with Gasteiger partial charge in [0, 0.05) is 25.1 Å². The Labute approximate surface area is 191 Å². The quantitative estimate of drug-likeness (QED) is 0.245. The highest BCUT2D eigenvalue weighted by Gasteiger charge is 2.14. The second-order valence-electron chi connectivity index (χ2n) is 8.62. The summed E-state index contributed by atoms with van der Waals surface area (Å²) < 4.78 is 2.71. The first-order chi connectivity index (χ1) is 15.0. The molecule has 0 N–H and O–H groups in total. The molecule has 0 aliphatic carbocycles. The number of hydrogen-bond donors (Lipinski definition) is 1. The maximum atomic E-state index is 4.96. The predicted molar refractivity (Wildman–Crippen MR) is 141 cm³/mol. The number of fused-ring (bicyclic) bond motifs is 6. The fourth-order valence-electron chi connectivity index (χ4n) is 4.78. The molecule has 6 rings (SSSR count). The van der Waals surface area contributed by atoms with Gasteiger partial charge < -0.3 is 0 Å². The molecule has 0 amide bonds. The molecule has 0 saturated heterocycles. The first-order valence-corrected chi connectivity index (χ1v) is 11.8. The molecule has 0 aliphatic rings. The average Bonchev–Trinajstić information content (AvgIpc) is 3.11.